The van der Waals surface area contributed by atoms with Crippen LogP contribution in [0.2, 0.25) is 0 Å². The van der Waals surface area contributed by atoms with Gasteiger partial charge in [0.15, 0.2) is 11.4 Å². The molecule has 50 heavy (non-hydrogen) atoms. The summed E-state index contributed by atoms with van der Waals surface area (Å²) in [5.41, 5.74) is 18.2. The predicted molar refractivity (Wildman–Crippen MR) is 179 cm³/mol. The van der Waals surface area contributed by atoms with E-state index in [2.05, 4.69) is 40.3 Å². The molecule has 2 aromatic heterocycles. The lowest BCUT2D eigenvalue weighted by Crippen LogP contribution is -2.27. The van der Waals surface area contributed by atoms with E-state index in [0.717, 1.165) is 12.1 Å². The first kappa shape index (κ1) is 33.9. The molecule has 0 fully saturated rings. The Morgan fingerprint density at radius 1 is 0.640 bits per heavy atom. The van der Waals surface area contributed by atoms with E-state index in [1.807, 2.05) is 0 Å². The highest BCUT2D eigenvalue weighted by Gasteiger charge is 2.26. The lowest BCUT2D eigenvalue weighted by molar-refractivity contribution is -0.384. The van der Waals surface area contributed by atoms with Gasteiger partial charge in [-0.3, -0.25) is 29.8 Å². The number of nitro groups is 2. The molecule has 12 N–H and O–H groups in total. The molecule has 0 saturated heterocycles. The number of fused-ring (bicyclic) bond motifs is 2. The van der Waals surface area contributed by atoms with Crippen LogP contribution in [0, 0.1) is 20.2 Å². The molecule has 0 saturated carbocycles. The number of aromatic amines is 2. The fraction of sp³-hybridized carbons (Fsp3) is 0.0714. The molecular weight excluding hydrogens is 660 g/mol. The molecule has 0 amide bonds. The van der Waals surface area contributed by atoms with Crippen molar-refractivity contribution < 1.29 is 20.1 Å². The molecule has 2 heterocycles. The topological polar surface area (TPSA) is 372 Å². The predicted octanol–water partition coefficient (Wildman–Crippen LogP) is -0.602. The van der Waals surface area contributed by atoms with Gasteiger partial charge in [0.25, 0.3) is 22.5 Å². The molecule has 3 aromatic carbocycles. The van der Waals surface area contributed by atoms with E-state index in [1.165, 1.54) is 48.5 Å². The maximum Gasteiger partial charge on any atom is 0.276 e. The van der Waals surface area contributed by atoms with Gasteiger partial charge in [0.1, 0.15) is 23.6 Å². The zero-order valence-electron chi connectivity index (χ0n) is 25.2. The summed E-state index contributed by atoms with van der Waals surface area (Å²) in [6, 6.07) is 12.5. The van der Waals surface area contributed by atoms with Crippen molar-refractivity contribution >= 4 is 56.8 Å². The van der Waals surface area contributed by atoms with Gasteiger partial charge in [-0.05, 0) is 23.3 Å². The van der Waals surface area contributed by atoms with Crippen molar-refractivity contribution in [1.29, 1.82) is 0 Å². The summed E-state index contributed by atoms with van der Waals surface area (Å²) in [5.74, 6) is -1.02. The van der Waals surface area contributed by atoms with Crippen molar-refractivity contribution in [3.63, 3.8) is 0 Å². The number of aliphatic hydroxyl groups excluding tert-OH is 2. The number of nitro benzene ring substituents is 2. The fourth-order valence-corrected chi connectivity index (χ4v) is 4.59. The zero-order chi connectivity index (χ0) is 36.3. The van der Waals surface area contributed by atoms with Crippen LogP contribution in [-0.2, 0) is 0 Å². The Balaban J connectivity index is 1.53. The smallest absolute Gasteiger partial charge is 0.276 e. The standard InChI is InChI=1S/C28H24N14O8/c29-27(30)39-37-19(21-25(45)35-17-9-13(41(47)48)5-7-15(17)33-21)23(43)11-1-2-12(4-3-11)24(44)20(38-40-28(31)32)22-26(46)36-18-10-14(42(49)50)6-8-16(18)34-22/h1-10,23-24,43-44H,(H,35,45)(H,36,46)(H4,29,30,39)(H4,31,32,40). The second kappa shape index (κ2) is 13.7. The van der Waals surface area contributed by atoms with Gasteiger partial charge in [0, 0.05) is 24.3 Å². The Morgan fingerprint density at radius 3 is 1.32 bits per heavy atom. The Bertz CT molecular complexity index is 2240. The normalized spacial score (nSPS) is 13.1. The number of non-ortho nitro benzene ring substituents is 2. The molecule has 254 valence electrons. The summed E-state index contributed by atoms with van der Waals surface area (Å²) in [5, 5.41) is 59.7. The third-order valence-electron chi connectivity index (χ3n) is 6.89. The number of nitrogens with two attached hydrogens (primary N) is 4. The molecule has 0 spiro atoms. The number of benzene rings is 3. The number of rotatable bonds is 10. The second-order valence-electron chi connectivity index (χ2n) is 10.2. The van der Waals surface area contributed by atoms with Gasteiger partial charge >= 0.3 is 0 Å². The van der Waals surface area contributed by atoms with Crippen molar-refractivity contribution in [2.24, 2.45) is 43.3 Å². The summed E-state index contributed by atoms with van der Waals surface area (Å²) in [6.07, 6.45) is -3.39. The number of hydrogen-bond donors (Lipinski definition) is 8. The molecule has 5 rings (SSSR count). The maximum atomic E-state index is 13.0. The lowest BCUT2D eigenvalue weighted by atomic mass is 9.97. The van der Waals surface area contributed by atoms with Gasteiger partial charge in [0.05, 0.1) is 31.9 Å². The first-order valence-corrected chi connectivity index (χ1v) is 13.9. The van der Waals surface area contributed by atoms with E-state index >= 15 is 0 Å². The quantitative estimate of drug-likeness (QED) is 0.0394. The molecular formula is C28H24N14O8. The lowest BCUT2D eigenvalue weighted by Gasteiger charge is -2.16. The van der Waals surface area contributed by atoms with Crippen LogP contribution in [-0.4, -0.2) is 63.3 Å². The van der Waals surface area contributed by atoms with Crippen LogP contribution < -0.4 is 34.1 Å². The summed E-state index contributed by atoms with van der Waals surface area (Å²) in [4.78, 5) is 60.4. The zero-order valence-corrected chi connectivity index (χ0v) is 25.2. The minimum atomic E-state index is -1.70. The summed E-state index contributed by atoms with van der Waals surface area (Å²) in [6.45, 7) is 0. The summed E-state index contributed by atoms with van der Waals surface area (Å²) >= 11 is 0. The van der Waals surface area contributed by atoms with Crippen LogP contribution in [0.3, 0.4) is 0 Å². The Morgan fingerprint density at radius 2 is 1.00 bits per heavy atom. The van der Waals surface area contributed by atoms with Gasteiger partial charge in [-0.15, -0.1) is 20.4 Å². The first-order valence-electron chi connectivity index (χ1n) is 13.9. The molecule has 0 bridgehead atoms. The van der Waals surface area contributed by atoms with Gasteiger partial charge in [-0.1, -0.05) is 24.3 Å². The van der Waals surface area contributed by atoms with Gasteiger partial charge < -0.3 is 43.1 Å². The summed E-state index contributed by atoms with van der Waals surface area (Å²) < 4.78 is 0. The molecule has 22 nitrogen and oxygen atoms in total. The maximum absolute atomic E-state index is 13.0. The Hall–Kier alpha value is -7.46. The van der Waals surface area contributed by atoms with E-state index in [1.54, 1.807) is 0 Å². The molecule has 0 aliphatic heterocycles. The molecule has 0 aliphatic carbocycles. The van der Waals surface area contributed by atoms with Crippen LogP contribution in [0.5, 0.6) is 0 Å². The SMILES string of the molecule is NC(N)=NN=C(c1nc2ccc([N+](=O)[O-])cc2[nH]c1=O)C(O)c1ccc(C(O)C(=NN=C(N)N)c2nc3ccc([N+](=O)[O-])cc3[nH]c2=O)cc1. The highest BCUT2D eigenvalue weighted by molar-refractivity contribution is 6.04. The molecule has 5 aromatic rings. The van der Waals surface area contributed by atoms with E-state index < -0.39 is 67.9 Å². The van der Waals surface area contributed by atoms with Crippen molar-refractivity contribution in [2.75, 3.05) is 0 Å². The van der Waals surface area contributed by atoms with Crippen molar-refractivity contribution in [3.05, 3.63) is 124 Å². The van der Waals surface area contributed by atoms with Crippen LogP contribution in [0.25, 0.3) is 22.1 Å². The van der Waals surface area contributed by atoms with Crippen LogP contribution in [0.15, 0.2) is 90.7 Å². The monoisotopic (exact) mass is 684 g/mol. The largest absolute Gasteiger partial charge is 0.382 e. The minimum Gasteiger partial charge on any atom is -0.382 e. The highest BCUT2D eigenvalue weighted by atomic mass is 16.6. The number of nitrogens with zero attached hydrogens (tertiary/aromatic N) is 8. The summed E-state index contributed by atoms with van der Waals surface area (Å²) in [7, 11) is 0. The van der Waals surface area contributed by atoms with Gasteiger partial charge in [0.2, 0.25) is 11.9 Å². The number of hydrogen-bond acceptors (Lipinski definition) is 14. The van der Waals surface area contributed by atoms with Crippen molar-refractivity contribution in [1.82, 2.24) is 19.9 Å². The Labute approximate surface area is 276 Å². The average Bonchev–Trinajstić information content (AvgIpc) is 3.07. The highest BCUT2D eigenvalue weighted by Crippen LogP contribution is 2.25. The first-order chi connectivity index (χ1) is 23.7. The average molecular weight is 685 g/mol. The van der Waals surface area contributed by atoms with E-state index in [4.69, 9.17) is 22.9 Å². The molecule has 0 radical (unpaired) electrons. The van der Waals surface area contributed by atoms with Crippen LogP contribution >= 0.6 is 0 Å². The van der Waals surface area contributed by atoms with Gasteiger partial charge in [-0.2, -0.15) is 0 Å². The fourth-order valence-electron chi connectivity index (χ4n) is 4.59. The van der Waals surface area contributed by atoms with Gasteiger partial charge in [-0.25, -0.2) is 9.97 Å². The molecule has 0 aliphatic rings. The molecule has 2 atom stereocenters. The van der Waals surface area contributed by atoms with E-state index in [9.17, 15) is 40.0 Å². The second-order valence-corrected chi connectivity index (χ2v) is 10.2. The van der Waals surface area contributed by atoms with E-state index in [-0.39, 0.29) is 44.6 Å². The minimum absolute atomic E-state index is 0.0428. The Kier molecular flexibility index (Phi) is 9.30. The number of aromatic nitrogens is 4. The van der Waals surface area contributed by atoms with E-state index in [0.29, 0.717) is 0 Å². The molecule has 2 unspecified atom stereocenters. The number of nitrogens with one attached hydrogen (secondary N) is 2. The number of aliphatic hydroxyl groups is 2. The molecule has 22 heteroatoms. The van der Waals surface area contributed by atoms with Crippen molar-refractivity contribution in [2.45, 2.75) is 12.2 Å². The van der Waals surface area contributed by atoms with Crippen molar-refractivity contribution in [3.8, 4) is 0 Å². The van der Waals surface area contributed by atoms with Crippen LogP contribution in [0.4, 0.5) is 11.4 Å². The number of guanidine groups is 2. The number of H-pyrrole nitrogens is 2. The third kappa shape index (κ3) is 7.09. The van der Waals surface area contributed by atoms with Crippen LogP contribution in [0.1, 0.15) is 34.7 Å². The third-order valence-corrected chi connectivity index (χ3v) is 6.89.